The number of carbonyl (C=O) groups is 1. The normalized spacial score (nSPS) is 23.4. The summed E-state index contributed by atoms with van der Waals surface area (Å²) in [6.07, 6.45) is 3.43. The van der Waals surface area contributed by atoms with Crippen molar-refractivity contribution in [1.82, 2.24) is 0 Å². The van der Waals surface area contributed by atoms with Crippen molar-refractivity contribution in [3.8, 4) is 0 Å². The van der Waals surface area contributed by atoms with Crippen LogP contribution in [0.3, 0.4) is 0 Å². The zero-order valence-electron chi connectivity index (χ0n) is 11.6. The van der Waals surface area contributed by atoms with Crippen molar-refractivity contribution in [3.05, 3.63) is 29.8 Å². The molecule has 1 aliphatic carbocycles. The Labute approximate surface area is 119 Å². The van der Waals surface area contributed by atoms with Crippen LogP contribution in [0.1, 0.15) is 38.2 Å². The Hall–Kier alpha value is -1.36. The van der Waals surface area contributed by atoms with Crippen LogP contribution in [0.4, 0.5) is 0 Å². The maximum atomic E-state index is 12.5. The van der Waals surface area contributed by atoms with Gasteiger partial charge in [0.2, 0.25) is 0 Å². The van der Waals surface area contributed by atoms with Crippen molar-refractivity contribution in [3.63, 3.8) is 0 Å². The minimum absolute atomic E-state index is 0.0825. The summed E-state index contributed by atoms with van der Waals surface area (Å²) in [4.78, 5) is 10.9. The Balaban J connectivity index is 2.19. The largest absolute Gasteiger partial charge is 0.481 e. The van der Waals surface area contributed by atoms with Crippen molar-refractivity contribution < 1.29 is 18.3 Å². The quantitative estimate of drug-likeness (QED) is 0.927. The Kier molecular flexibility index (Phi) is 4.48. The van der Waals surface area contributed by atoms with Crippen molar-refractivity contribution in [2.24, 2.45) is 5.92 Å². The predicted molar refractivity (Wildman–Crippen MR) is 76.4 cm³/mol. The molecule has 1 aromatic rings. The molecule has 2 atom stereocenters. The number of carboxylic acid groups (broad SMARTS) is 1. The Morgan fingerprint density at radius 1 is 1.25 bits per heavy atom. The van der Waals surface area contributed by atoms with Gasteiger partial charge in [-0.05, 0) is 36.5 Å². The predicted octanol–water partition coefficient (Wildman–Crippen LogP) is 2.67. The number of aliphatic carboxylic acids is 1. The van der Waals surface area contributed by atoms with Gasteiger partial charge in [-0.15, -0.1) is 0 Å². The first-order valence-corrected chi connectivity index (χ1v) is 8.49. The molecule has 0 heterocycles. The average molecular weight is 296 g/mol. The van der Waals surface area contributed by atoms with Crippen molar-refractivity contribution in [2.75, 3.05) is 0 Å². The van der Waals surface area contributed by atoms with Crippen molar-refractivity contribution in [1.29, 1.82) is 0 Å². The molecule has 0 radical (unpaired) electrons. The maximum Gasteiger partial charge on any atom is 0.307 e. The van der Waals surface area contributed by atoms with Gasteiger partial charge in [0.15, 0.2) is 9.84 Å². The molecule has 0 bridgehead atoms. The van der Waals surface area contributed by atoms with Gasteiger partial charge in [-0.25, -0.2) is 8.42 Å². The number of hydrogen-bond acceptors (Lipinski definition) is 3. The summed E-state index contributed by atoms with van der Waals surface area (Å²) in [7, 11) is -3.29. The second kappa shape index (κ2) is 5.95. The molecule has 0 amide bonds. The lowest BCUT2D eigenvalue weighted by molar-refractivity contribution is -0.136. The van der Waals surface area contributed by atoms with Crippen molar-refractivity contribution in [2.45, 2.75) is 49.2 Å². The van der Waals surface area contributed by atoms with E-state index >= 15 is 0 Å². The van der Waals surface area contributed by atoms with Crippen LogP contribution in [0.15, 0.2) is 29.2 Å². The highest BCUT2D eigenvalue weighted by Crippen LogP contribution is 2.31. The van der Waals surface area contributed by atoms with Crippen molar-refractivity contribution >= 4 is 15.8 Å². The van der Waals surface area contributed by atoms with E-state index in [2.05, 4.69) is 6.92 Å². The maximum absolute atomic E-state index is 12.5. The fourth-order valence-corrected chi connectivity index (χ4v) is 4.78. The van der Waals surface area contributed by atoms with E-state index in [0.717, 1.165) is 25.7 Å². The van der Waals surface area contributed by atoms with Gasteiger partial charge >= 0.3 is 5.97 Å². The second-order valence-electron chi connectivity index (χ2n) is 5.65. The monoisotopic (exact) mass is 296 g/mol. The van der Waals surface area contributed by atoms with Crippen LogP contribution in [-0.2, 0) is 21.1 Å². The lowest BCUT2D eigenvalue weighted by Gasteiger charge is -2.26. The van der Waals surface area contributed by atoms with Gasteiger partial charge in [-0.1, -0.05) is 31.9 Å². The van der Waals surface area contributed by atoms with Crippen LogP contribution in [0.25, 0.3) is 0 Å². The molecule has 2 rings (SSSR count). The molecule has 1 aliphatic rings. The highest BCUT2D eigenvalue weighted by Gasteiger charge is 2.31. The van der Waals surface area contributed by atoms with E-state index in [4.69, 9.17) is 5.11 Å². The third-order valence-electron chi connectivity index (χ3n) is 3.93. The molecule has 20 heavy (non-hydrogen) atoms. The van der Waals surface area contributed by atoms with E-state index in [0.29, 0.717) is 16.4 Å². The molecule has 0 aliphatic heterocycles. The van der Waals surface area contributed by atoms with Crippen LogP contribution in [-0.4, -0.2) is 24.7 Å². The Bertz CT molecular complexity index is 574. The summed E-state index contributed by atoms with van der Waals surface area (Å²) in [5.74, 6) is -0.462. The lowest BCUT2D eigenvalue weighted by atomic mass is 9.91. The second-order valence-corrected chi connectivity index (χ2v) is 7.88. The van der Waals surface area contributed by atoms with Crippen LogP contribution in [0, 0.1) is 5.92 Å². The number of benzene rings is 1. The molecular formula is C15H20O4S. The number of sulfone groups is 1. The highest BCUT2D eigenvalue weighted by molar-refractivity contribution is 7.92. The van der Waals surface area contributed by atoms with Gasteiger partial charge in [0.1, 0.15) is 0 Å². The van der Waals surface area contributed by atoms with Crippen LogP contribution in [0.2, 0.25) is 0 Å². The zero-order valence-corrected chi connectivity index (χ0v) is 12.4. The number of carboxylic acids is 1. The highest BCUT2D eigenvalue weighted by atomic mass is 32.2. The van der Waals surface area contributed by atoms with Gasteiger partial charge in [0.05, 0.1) is 16.6 Å². The molecule has 1 N–H and O–H groups in total. The third kappa shape index (κ3) is 3.39. The molecule has 0 aromatic heterocycles. The van der Waals surface area contributed by atoms with E-state index in [1.807, 2.05) is 0 Å². The Morgan fingerprint density at radius 3 is 2.45 bits per heavy atom. The van der Waals surface area contributed by atoms with E-state index in [9.17, 15) is 13.2 Å². The standard InChI is InChI=1S/C15H20O4S/c1-11-3-2-4-14(9-11)20(18,19)13-7-5-12(6-8-13)10-15(16)17/h5-8,11,14H,2-4,9-10H2,1H3,(H,16,17). The first kappa shape index (κ1) is 15.0. The minimum Gasteiger partial charge on any atom is -0.481 e. The molecule has 1 saturated carbocycles. The smallest absolute Gasteiger partial charge is 0.307 e. The summed E-state index contributed by atoms with van der Waals surface area (Å²) >= 11 is 0. The molecule has 0 spiro atoms. The first-order valence-electron chi connectivity index (χ1n) is 6.94. The van der Waals surface area contributed by atoms with Crippen LogP contribution >= 0.6 is 0 Å². The summed E-state index contributed by atoms with van der Waals surface area (Å²) in [6.45, 7) is 2.09. The summed E-state index contributed by atoms with van der Waals surface area (Å²) in [5, 5.41) is 8.42. The van der Waals surface area contributed by atoms with Gasteiger partial charge < -0.3 is 5.11 Å². The molecular weight excluding hydrogens is 276 g/mol. The molecule has 1 fully saturated rings. The fourth-order valence-electron chi connectivity index (χ4n) is 2.82. The molecule has 0 saturated heterocycles. The van der Waals surface area contributed by atoms with Gasteiger partial charge in [-0.3, -0.25) is 4.79 Å². The lowest BCUT2D eigenvalue weighted by Crippen LogP contribution is -2.27. The SMILES string of the molecule is CC1CCCC(S(=O)(=O)c2ccc(CC(=O)O)cc2)C1. The summed E-state index contributed by atoms with van der Waals surface area (Å²) in [6, 6.07) is 6.25. The molecule has 2 unspecified atom stereocenters. The fraction of sp³-hybridized carbons (Fsp3) is 0.533. The average Bonchev–Trinajstić information content (AvgIpc) is 2.38. The first-order chi connectivity index (χ1) is 9.39. The van der Waals surface area contributed by atoms with E-state index in [1.54, 1.807) is 12.1 Å². The van der Waals surface area contributed by atoms with Crippen LogP contribution in [0.5, 0.6) is 0 Å². The zero-order chi connectivity index (χ0) is 14.8. The number of rotatable bonds is 4. The van der Waals surface area contributed by atoms with Gasteiger partial charge in [0, 0.05) is 0 Å². The van der Waals surface area contributed by atoms with E-state index < -0.39 is 15.8 Å². The van der Waals surface area contributed by atoms with E-state index in [1.165, 1.54) is 12.1 Å². The third-order valence-corrected chi connectivity index (χ3v) is 6.17. The molecule has 1 aromatic carbocycles. The number of hydrogen-bond donors (Lipinski definition) is 1. The van der Waals surface area contributed by atoms with E-state index in [-0.39, 0.29) is 11.7 Å². The molecule has 110 valence electrons. The Morgan fingerprint density at radius 2 is 1.90 bits per heavy atom. The van der Waals surface area contributed by atoms with Gasteiger partial charge in [-0.2, -0.15) is 0 Å². The summed E-state index contributed by atoms with van der Waals surface area (Å²) in [5.41, 5.74) is 0.619. The summed E-state index contributed by atoms with van der Waals surface area (Å²) < 4.78 is 25.1. The molecule has 5 heteroatoms. The van der Waals surface area contributed by atoms with Gasteiger partial charge in [0.25, 0.3) is 0 Å². The minimum atomic E-state index is -3.29. The molecule has 4 nitrogen and oxygen atoms in total. The van der Waals surface area contributed by atoms with Crippen LogP contribution < -0.4 is 0 Å². The topological polar surface area (TPSA) is 71.4 Å².